The number of hydrogen-bond donors (Lipinski definition) is 1. The Balaban J connectivity index is 1.62. The fourth-order valence-corrected chi connectivity index (χ4v) is 5.37. The lowest BCUT2D eigenvalue weighted by Crippen LogP contribution is -2.30. The van der Waals surface area contributed by atoms with E-state index in [4.69, 9.17) is 27.6 Å². The lowest BCUT2D eigenvalue weighted by Gasteiger charge is -2.09. The molecule has 160 valence electrons. The van der Waals surface area contributed by atoms with Gasteiger partial charge in [-0.1, -0.05) is 47.5 Å². The number of carbonyl (C=O) groups excluding carboxylic acids is 1. The Bertz CT molecular complexity index is 1280. The van der Waals surface area contributed by atoms with E-state index >= 15 is 0 Å². The molecule has 2 N–H and O–H groups in total. The van der Waals surface area contributed by atoms with Crippen LogP contribution in [0.5, 0.6) is 0 Å². The van der Waals surface area contributed by atoms with E-state index in [-0.39, 0.29) is 23.8 Å². The van der Waals surface area contributed by atoms with Crippen LogP contribution in [0.4, 0.5) is 5.69 Å². The number of amides is 1. The molecule has 3 heterocycles. The molecule has 0 radical (unpaired) electrons. The zero-order chi connectivity index (χ0) is 22.0. The van der Waals surface area contributed by atoms with Gasteiger partial charge in [-0.15, -0.1) is 0 Å². The molecule has 0 aliphatic carbocycles. The monoisotopic (exact) mass is 494 g/mol. The molecule has 0 aliphatic heterocycles. The van der Waals surface area contributed by atoms with Gasteiger partial charge in [-0.3, -0.25) is 4.79 Å². The van der Waals surface area contributed by atoms with Gasteiger partial charge in [0.25, 0.3) is 0 Å². The normalized spacial score (nSPS) is 11.2. The summed E-state index contributed by atoms with van der Waals surface area (Å²) in [5, 5.41) is 4.66. The van der Waals surface area contributed by atoms with E-state index in [1.165, 1.54) is 11.8 Å². The molecule has 0 atom stereocenters. The molecule has 0 aliphatic rings. The predicted octanol–water partition coefficient (Wildman–Crippen LogP) is 5.12. The van der Waals surface area contributed by atoms with E-state index in [0.717, 1.165) is 16.1 Å². The fourth-order valence-electron chi connectivity index (χ4n) is 3.01. The average molecular weight is 495 g/mol. The minimum Gasteiger partial charge on any atom is -0.465 e. The lowest BCUT2D eigenvalue weighted by atomic mass is 10.3. The number of benzene rings is 1. The van der Waals surface area contributed by atoms with Crippen molar-refractivity contribution in [2.75, 3.05) is 11.1 Å². The minimum absolute atomic E-state index is 0.0627. The zero-order valence-corrected chi connectivity index (χ0v) is 19.6. The number of rotatable bonds is 7. The average Bonchev–Trinajstić information content (AvgIpc) is 3.41. The number of halogens is 2. The minimum atomic E-state index is -0.286. The largest absolute Gasteiger partial charge is 0.465 e. The molecule has 1 amide bonds. The van der Waals surface area contributed by atoms with Crippen molar-refractivity contribution in [3.63, 3.8) is 0 Å². The highest BCUT2D eigenvalue weighted by Gasteiger charge is 2.23. The molecule has 0 saturated carbocycles. The summed E-state index contributed by atoms with van der Waals surface area (Å²) in [6.07, 6.45) is 2.41. The Morgan fingerprint density at radius 3 is 2.71 bits per heavy atom. The van der Waals surface area contributed by atoms with Gasteiger partial charge in [0.1, 0.15) is 11.1 Å². The Kier molecular flexibility index (Phi) is 6.71. The molecule has 0 unspecified atom stereocenters. The number of H-pyrrole nitrogens is 1. The van der Waals surface area contributed by atoms with Gasteiger partial charge in [0.2, 0.25) is 5.91 Å². The van der Waals surface area contributed by atoms with E-state index in [2.05, 4.69) is 10.3 Å². The Hall–Kier alpha value is -2.26. The van der Waals surface area contributed by atoms with Gasteiger partial charge >= 0.3 is 10.7 Å². The number of thioether (sulfide) groups is 1. The molecule has 4 aromatic rings. The van der Waals surface area contributed by atoms with Crippen molar-refractivity contribution in [1.29, 1.82) is 0 Å². The summed E-state index contributed by atoms with van der Waals surface area (Å²) in [4.78, 5) is 31.0. The highest BCUT2D eigenvalue weighted by molar-refractivity contribution is 7.99. The molecule has 0 fully saturated rings. The van der Waals surface area contributed by atoms with Crippen molar-refractivity contribution in [2.45, 2.75) is 25.0 Å². The molecule has 3 aromatic heterocycles. The summed E-state index contributed by atoms with van der Waals surface area (Å²) in [5.41, 5.74) is 0.243. The van der Waals surface area contributed by atoms with Crippen molar-refractivity contribution in [1.82, 2.24) is 4.57 Å². The van der Waals surface area contributed by atoms with Gasteiger partial charge in [0.05, 0.1) is 27.7 Å². The van der Waals surface area contributed by atoms with E-state index in [1.807, 2.05) is 19.1 Å². The maximum atomic E-state index is 13.2. The number of carbonyl (C=O) groups is 1. The van der Waals surface area contributed by atoms with Gasteiger partial charge in [0, 0.05) is 4.88 Å². The van der Waals surface area contributed by atoms with Crippen LogP contribution in [0, 0.1) is 0 Å². The van der Waals surface area contributed by atoms with Crippen LogP contribution >= 0.6 is 46.3 Å². The number of nitrogens with zero attached hydrogens (tertiary/aromatic N) is 1. The number of nitrogens with one attached hydrogen (secondary N) is 2. The molecule has 0 saturated heterocycles. The van der Waals surface area contributed by atoms with Crippen LogP contribution < -0.4 is 15.9 Å². The van der Waals surface area contributed by atoms with Crippen molar-refractivity contribution < 1.29 is 14.2 Å². The second-order valence-electron chi connectivity index (χ2n) is 6.64. The molecule has 0 bridgehead atoms. The smallest absolute Gasteiger partial charge is 0.347 e. The number of furan rings is 1. The van der Waals surface area contributed by atoms with E-state index < -0.39 is 0 Å². The maximum Gasteiger partial charge on any atom is 0.347 e. The standard InChI is InChI=1S/C21H17Cl2N3O3S2/c1-2-13-9-14-19(31-13)25-21(26(20(14)28)10-12-5-4-8-29-12)30-11-17(27)24-18-15(22)6-3-7-16(18)23/h3-9H,2,10-11H2,1H3,(H,24,27)/p+1. The molecule has 1 aromatic carbocycles. The molecule has 6 nitrogen and oxygen atoms in total. The third-order valence-electron chi connectivity index (χ3n) is 4.53. The first-order valence-electron chi connectivity index (χ1n) is 9.44. The number of para-hydroxylation sites is 1. The van der Waals surface area contributed by atoms with Gasteiger partial charge in [-0.05, 0) is 48.5 Å². The van der Waals surface area contributed by atoms with Gasteiger partial charge < -0.3 is 9.73 Å². The fraction of sp³-hybridized carbons (Fsp3) is 0.190. The topological polar surface area (TPSA) is 78.4 Å². The first-order chi connectivity index (χ1) is 15.0. The highest BCUT2D eigenvalue weighted by Crippen LogP contribution is 2.30. The lowest BCUT2D eigenvalue weighted by molar-refractivity contribution is -0.404. The molecule has 0 spiro atoms. The third-order valence-corrected chi connectivity index (χ3v) is 7.36. The SMILES string of the molecule is CCc1cc2c(=O)n(Cc3ccco3)c(SCC(=O)Nc3c(Cl)cccc3Cl)[nH+]c2s1. The molecule has 10 heteroatoms. The van der Waals surface area contributed by atoms with E-state index in [1.54, 1.807) is 46.4 Å². The van der Waals surface area contributed by atoms with Crippen LogP contribution in [0.1, 0.15) is 17.6 Å². The number of aromatic nitrogens is 2. The van der Waals surface area contributed by atoms with Gasteiger partial charge in [-0.25, -0.2) is 9.78 Å². The predicted molar refractivity (Wildman–Crippen MR) is 126 cm³/mol. The Morgan fingerprint density at radius 2 is 2.03 bits per heavy atom. The number of aromatic amines is 1. The number of hydrogen-bond acceptors (Lipinski definition) is 5. The summed E-state index contributed by atoms with van der Waals surface area (Å²) < 4.78 is 7.02. The van der Waals surface area contributed by atoms with E-state index in [0.29, 0.717) is 32.0 Å². The van der Waals surface area contributed by atoms with Crippen LogP contribution in [0.3, 0.4) is 0 Å². The summed E-state index contributed by atoms with van der Waals surface area (Å²) in [6.45, 7) is 2.31. The Labute approximate surface area is 196 Å². The van der Waals surface area contributed by atoms with Crippen LogP contribution in [-0.2, 0) is 17.8 Å². The van der Waals surface area contributed by atoms with Gasteiger partial charge in [-0.2, -0.15) is 4.57 Å². The third kappa shape index (κ3) is 4.82. The van der Waals surface area contributed by atoms with Crippen LogP contribution in [-0.4, -0.2) is 16.2 Å². The van der Waals surface area contributed by atoms with Crippen molar-refractivity contribution in [2.24, 2.45) is 0 Å². The molecule has 31 heavy (non-hydrogen) atoms. The first kappa shape index (κ1) is 22.0. The summed E-state index contributed by atoms with van der Waals surface area (Å²) >= 11 is 15.0. The molecular formula is C21H18Cl2N3O3S2+. The van der Waals surface area contributed by atoms with Gasteiger partial charge in [0.15, 0.2) is 11.4 Å². The number of aryl methyl sites for hydroxylation is 1. The highest BCUT2D eigenvalue weighted by atomic mass is 35.5. The second kappa shape index (κ2) is 9.48. The second-order valence-corrected chi connectivity index (χ2v) is 9.56. The maximum absolute atomic E-state index is 13.2. The number of anilines is 1. The molecular weight excluding hydrogens is 477 g/mol. The van der Waals surface area contributed by atoms with Crippen molar-refractivity contribution in [3.05, 3.63) is 73.7 Å². The first-order valence-corrected chi connectivity index (χ1v) is 12.0. The van der Waals surface area contributed by atoms with Crippen molar-refractivity contribution in [3.8, 4) is 0 Å². The summed E-state index contributed by atoms with van der Waals surface area (Å²) in [6, 6.07) is 10.5. The summed E-state index contributed by atoms with van der Waals surface area (Å²) in [7, 11) is 0. The van der Waals surface area contributed by atoms with E-state index in [9.17, 15) is 9.59 Å². The summed E-state index contributed by atoms with van der Waals surface area (Å²) in [5.74, 6) is 0.425. The van der Waals surface area contributed by atoms with Crippen LogP contribution in [0.15, 0.2) is 57.0 Å². The molecule has 4 rings (SSSR count). The zero-order valence-electron chi connectivity index (χ0n) is 16.4. The Morgan fingerprint density at radius 1 is 1.26 bits per heavy atom. The van der Waals surface area contributed by atoms with Crippen LogP contribution in [0.25, 0.3) is 10.2 Å². The number of thiophene rings is 1. The van der Waals surface area contributed by atoms with Crippen LogP contribution in [0.2, 0.25) is 10.0 Å². The van der Waals surface area contributed by atoms with Crippen molar-refractivity contribution >= 4 is 68.1 Å². The number of fused-ring (bicyclic) bond motifs is 1. The quantitative estimate of drug-likeness (QED) is 0.285.